The van der Waals surface area contributed by atoms with E-state index in [9.17, 15) is 13.9 Å². The molecule has 20 heavy (non-hydrogen) atoms. The Balaban J connectivity index is 2.08. The third-order valence-electron chi connectivity index (χ3n) is 3.92. The van der Waals surface area contributed by atoms with Gasteiger partial charge in [-0.3, -0.25) is 9.47 Å². The van der Waals surface area contributed by atoms with Crippen LogP contribution in [0.1, 0.15) is 51.4 Å². The first-order chi connectivity index (χ1) is 9.58. The first-order valence-electron chi connectivity index (χ1n) is 7.30. The summed E-state index contributed by atoms with van der Waals surface area (Å²) in [6.45, 7) is 0.542. The summed E-state index contributed by atoms with van der Waals surface area (Å²) < 4.78 is 26.7. The van der Waals surface area contributed by atoms with Gasteiger partial charge in [0, 0.05) is 18.4 Å². The highest BCUT2D eigenvalue weighted by Crippen LogP contribution is 2.23. The molecule has 0 aliphatic carbocycles. The van der Waals surface area contributed by atoms with Crippen LogP contribution in [0.15, 0.2) is 12.4 Å². The molecular weight excluding hydrogens is 264 g/mol. The Morgan fingerprint density at radius 3 is 2.90 bits per heavy atom. The summed E-state index contributed by atoms with van der Waals surface area (Å²) in [6, 6.07) is 0.250. The number of aromatic nitrogens is 2. The quantitative estimate of drug-likeness (QED) is 0.905. The molecule has 0 saturated carbocycles. The summed E-state index contributed by atoms with van der Waals surface area (Å²) in [4.78, 5) is 6.25. The zero-order valence-corrected chi connectivity index (χ0v) is 11.9. The van der Waals surface area contributed by atoms with Crippen molar-refractivity contribution in [2.24, 2.45) is 0 Å². The monoisotopic (exact) mass is 287 g/mol. The molecule has 2 atom stereocenters. The molecule has 4 nitrogen and oxygen atoms in total. The van der Waals surface area contributed by atoms with Crippen LogP contribution in [-0.4, -0.2) is 38.2 Å². The van der Waals surface area contributed by atoms with Gasteiger partial charge in [-0.2, -0.15) is 8.78 Å². The molecular formula is C14H23F2N3O. The number of hydrogen-bond acceptors (Lipinski definition) is 3. The fourth-order valence-electron chi connectivity index (χ4n) is 2.93. The molecule has 114 valence electrons. The highest BCUT2D eigenvalue weighted by atomic mass is 19.3. The van der Waals surface area contributed by atoms with Crippen molar-refractivity contribution in [1.82, 2.24) is 14.5 Å². The van der Waals surface area contributed by atoms with Gasteiger partial charge in [-0.05, 0) is 32.7 Å². The number of imidazole rings is 1. The summed E-state index contributed by atoms with van der Waals surface area (Å²) in [5.41, 5.74) is 0. The topological polar surface area (TPSA) is 41.3 Å². The summed E-state index contributed by atoms with van der Waals surface area (Å²) in [5.74, 6) is 0.400. The average molecular weight is 287 g/mol. The molecule has 1 N–H and O–H groups in total. The molecule has 1 aromatic heterocycles. The van der Waals surface area contributed by atoms with Crippen molar-refractivity contribution in [2.75, 3.05) is 6.54 Å². The van der Waals surface area contributed by atoms with Crippen LogP contribution in [0.4, 0.5) is 8.78 Å². The molecule has 6 heteroatoms. The summed E-state index contributed by atoms with van der Waals surface area (Å²) in [5, 5.41) is 9.62. The van der Waals surface area contributed by atoms with E-state index in [0.717, 1.165) is 36.8 Å². The first-order valence-corrected chi connectivity index (χ1v) is 7.30. The maximum Gasteiger partial charge on any atom is 0.319 e. The summed E-state index contributed by atoms with van der Waals surface area (Å²) in [6.07, 6.45) is 7.45. The number of aliphatic hydroxyl groups is 1. The standard InChI is InChI=1S/C14H23F2N3O/c1-11(20)9-12-5-3-2-4-7-18(12)10-13-17-6-8-19(13)14(15)16/h6,8,11-12,14,20H,2-5,7,9-10H2,1H3. The van der Waals surface area contributed by atoms with Gasteiger partial charge in [-0.15, -0.1) is 0 Å². The molecule has 0 radical (unpaired) electrons. The van der Waals surface area contributed by atoms with E-state index in [-0.39, 0.29) is 12.1 Å². The van der Waals surface area contributed by atoms with Gasteiger partial charge in [0.25, 0.3) is 0 Å². The lowest BCUT2D eigenvalue weighted by Gasteiger charge is -2.30. The number of aliphatic hydroxyl groups excluding tert-OH is 1. The zero-order chi connectivity index (χ0) is 14.5. The van der Waals surface area contributed by atoms with Gasteiger partial charge in [0.1, 0.15) is 5.82 Å². The van der Waals surface area contributed by atoms with E-state index in [0.29, 0.717) is 18.8 Å². The number of nitrogens with zero attached hydrogens (tertiary/aromatic N) is 3. The van der Waals surface area contributed by atoms with Crippen LogP contribution in [0.5, 0.6) is 0 Å². The van der Waals surface area contributed by atoms with Crippen LogP contribution >= 0.6 is 0 Å². The molecule has 1 fully saturated rings. The predicted octanol–water partition coefficient (Wildman–Crippen LogP) is 2.79. The van der Waals surface area contributed by atoms with Crippen LogP contribution in [-0.2, 0) is 6.54 Å². The lowest BCUT2D eigenvalue weighted by atomic mass is 10.0. The van der Waals surface area contributed by atoms with Gasteiger partial charge in [0.05, 0.1) is 12.6 Å². The van der Waals surface area contributed by atoms with Gasteiger partial charge in [-0.25, -0.2) is 4.98 Å². The number of hydrogen-bond donors (Lipinski definition) is 1. The van der Waals surface area contributed by atoms with Crippen molar-refractivity contribution in [3.8, 4) is 0 Å². The van der Waals surface area contributed by atoms with Crippen LogP contribution in [0, 0.1) is 0 Å². The van der Waals surface area contributed by atoms with Crippen molar-refractivity contribution in [3.63, 3.8) is 0 Å². The van der Waals surface area contributed by atoms with Crippen molar-refractivity contribution < 1.29 is 13.9 Å². The van der Waals surface area contributed by atoms with Gasteiger partial charge < -0.3 is 5.11 Å². The molecule has 1 aromatic rings. The Kier molecular flexibility index (Phi) is 5.48. The van der Waals surface area contributed by atoms with Gasteiger partial charge in [0.15, 0.2) is 0 Å². The normalized spacial score (nSPS) is 22.9. The fraction of sp³-hybridized carbons (Fsp3) is 0.786. The predicted molar refractivity (Wildman–Crippen MR) is 72.4 cm³/mol. The summed E-state index contributed by atoms with van der Waals surface area (Å²) >= 11 is 0. The molecule has 1 aliphatic heterocycles. The van der Waals surface area contributed by atoms with E-state index >= 15 is 0 Å². The van der Waals surface area contributed by atoms with E-state index < -0.39 is 6.55 Å². The van der Waals surface area contributed by atoms with E-state index in [1.54, 1.807) is 6.92 Å². The minimum absolute atomic E-state index is 0.250. The average Bonchev–Trinajstić information content (AvgIpc) is 2.73. The summed E-state index contributed by atoms with van der Waals surface area (Å²) in [7, 11) is 0. The Morgan fingerprint density at radius 1 is 1.40 bits per heavy atom. The Labute approximate surface area is 118 Å². The smallest absolute Gasteiger partial charge is 0.319 e. The number of likely N-dealkylation sites (tertiary alicyclic amines) is 1. The lowest BCUT2D eigenvalue weighted by molar-refractivity contribution is 0.0590. The fourth-order valence-corrected chi connectivity index (χ4v) is 2.93. The minimum atomic E-state index is -2.55. The third-order valence-corrected chi connectivity index (χ3v) is 3.92. The van der Waals surface area contributed by atoms with Crippen LogP contribution in [0.3, 0.4) is 0 Å². The molecule has 1 aliphatic rings. The second-order valence-corrected chi connectivity index (χ2v) is 5.59. The van der Waals surface area contributed by atoms with Crippen LogP contribution in [0.2, 0.25) is 0 Å². The van der Waals surface area contributed by atoms with E-state index in [1.807, 2.05) is 0 Å². The van der Waals surface area contributed by atoms with Gasteiger partial charge in [0.2, 0.25) is 0 Å². The second-order valence-electron chi connectivity index (χ2n) is 5.59. The van der Waals surface area contributed by atoms with Crippen molar-refractivity contribution in [3.05, 3.63) is 18.2 Å². The Morgan fingerprint density at radius 2 is 2.20 bits per heavy atom. The molecule has 0 spiro atoms. The molecule has 0 bridgehead atoms. The minimum Gasteiger partial charge on any atom is -0.393 e. The van der Waals surface area contributed by atoms with Crippen LogP contribution in [0.25, 0.3) is 0 Å². The van der Waals surface area contributed by atoms with E-state index in [4.69, 9.17) is 0 Å². The molecule has 0 amide bonds. The van der Waals surface area contributed by atoms with Gasteiger partial charge >= 0.3 is 6.55 Å². The molecule has 2 heterocycles. The molecule has 1 saturated heterocycles. The van der Waals surface area contributed by atoms with Crippen molar-refractivity contribution >= 4 is 0 Å². The third kappa shape index (κ3) is 3.99. The number of halogens is 2. The van der Waals surface area contributed by atoms with E-state index in [1.165, 1.54) is 12.4 Å². The molecule has 2 rings (SSSR count). The second kappa shape index (κ2) is 7.13. The highest BCUT2D eigenvalue weighted by molar-refractivity contribution is 4.94. The Bertz CT molecular complexity index is 409. The largest absolute Gasteiger partial charge is 0.393 e. The Hall–Kier alpha value is -1.01. The van der Waals surface area contributed by atoms with Crippen LogP contribution < -0.4 is 0 Å². The van der Waals surface area contributed by atoms with Gasteiger partial charge in [-0.1, -0.05) is 12.8 Å². The zero-order valence-electron chi connectivity index (χ0n) is 11.9. The first kappa shape index (κ1) is 15.4. The van der Waals surface area contributed by atoms with Crippen molar-refractivity contribution in [2.45, 2.75) is 64.3 Å². The molecule has 2 unspecified atom stereocenters. The maximum absolute atomic E-state index is 12.9. The highest BCUT2D eigenvalue weighted by Gasteiger charge is 2.24. The van der Waals surface area contributed by atoms with E-state index in [2.05, 4.69) is 9.88 Å². The number of alkyl halides is 2. The lowest BCUT2D eigenvalue weighted by Crippen LogP contribution is -2.37. The SMILES string of the molecule is CC(O)CC1CCCCCN1Cc1nccn1C(F)F. The number of rotatable bonds is 5. The maximum atomic E-state index is 12.9. The molecule has 0 aromatic carbocycles. The van der Waals surface area contributed by atoms with Crippen molar-refractivity contribution in [1.29, 1.82) is 0 Å².